The Balaban J connectivity index is 1.30. The summed E-state index contributed by atoms with van der Waals surface area (Å²) >= 11 is 0. The molecule has 2 amide bonds. The lowest BCUT2D eigenvalue weighted by Gasteiger charge is -2.30. The van der Waals surface area contributed by atoms with Gasteiger partial charge in [-0.3, -0.25) is 9.59 Å². The molecule has 178 valence electrons. The number of ether oxygens (including phenoxy) is 2. The fourth-order valence-corrected chi connectivity index (χ4v) is 4.03. The predicted octanol–water partition coefficient (Wildman–Crippen LogP) is 3.20. The molecule has 2 aromatic carbocycles. The SMILES string of the molecule is COc1ccc(-c2noc(C3CCN(C(=O)CNC(=O)c4cccc(C)c4)CC3)n2)cc1OC. The van der Waals surface area contributed by atoms with Crippen LogP contribution in [0.5, 0.6) is 11.5 Å². The summed E-state index contributed by atoms with van der Waals surface area (Å²) in [6.07, 6.45) is 1.43. The number of nitrogens with zero attached hydrogens (tertiary/aromatic N) is 3. The van der Waals surface area contributed by atoms with Gasteiger partial charge in [0.2, 0.25) is 17.6 Å². The Bertz CT molecular complexity index is 1170. The molecule has 1 fully saturated rings. The van der Waals surface area contributed by atoms with Crippen LogP contribution in [-0.4, -0.2) is 60.7 Å². The van der Waals surface area contributed by atoms with Gasteiger partial charge in [-0.05, 0) is 50.1 Å². The number of methoxy groups -OCH3 is 2. The van der Waals surface area contributed by atoms with Crippen LogP contribution in [0.25, 0.3) is 11.4 Å². The van der Waals surface area contributed by atoms with Gasteiger partial charge in [0, 0.05) is 30.1 Å². The number of carbonyl (C=O) groups is 2. The average Bonchev–Trinajstić information content (AvgIpc) is 3.37. The van der Waals surface area contributed by atoms with Crippen molar-refractivity contribution in [3.63, 3.8) is 0 Å². The Labute approximate surface area is 198 Å². The van der Waals surface area contributed by atoms with Crippen LogP contribution < -0.4 is 14.8 Å². The molecule has 1 aliphatic rings. The highest BCUT2D eigenvalue weighted by Gasteiger charge is 2.28. The number of piperidine rings is 1. The molecule has 3 aromatic rings. The first kappa shape index (κ1) is 23.3. The van der Waals surface area contributed by atoms with Crippen LogP contribution in [0, 0.1) is 6.92 Å². The van der Waals surface area contributed by atoms with Crippen molar-refractivity contribution in [2.45, 2.75) is 25.7 Å². The third-order valence-corrected chi connectivity index (χ3v) is 5.96. The molecule has 9 heteroatoms. The number of rotatable bonds is 7. The highest BCUT2D eigenvalue weighted by atomic mass is 16.5. The normalized spacial score (nSPS) is 14.0. The number of hydrogen-bond donors (Lipinski definition) is 1. The Morgan fingerprint density at radius 2 is 1.85 bits per heavy atom. The molecular formula is C25H28N4O5. The molecule has 9 nitrogen and oxygen atoms in total. The molecule has 0 atom stereocenters. The Morgan fingerprint density at radius 1 is 1.09 bits per heavy atom. The van der Waals surface area contributed by atoms with E-state index < -0.39 is 0 Å². The first-order chi connectivity index (χ1) is 16.5. The fourth-order valence-electron chi connectivity index (χ4n) is 4.03. The summed E-state index contributed by atoms with van der Waals surface area (Å²) < 4.78 is 16.1. The second-order valence-electron chi connectivity index (χ2n) is 8.23. The maximum Gasteiger partial charge on any atom is 0.251 e. The molecular weight excluding hydrogens is 436 g/mol. The van der Waals surface area contributed by atoms with Gasteiger partial charge in [-0.1, -0.05) is 22.9 Å². The van der Waals surface area contributed by atoms with Crippen molar-refractivity contribution in [1.29, 1.82) is 0 Å². The van der Waals surface area contributed by atoms with Gasteiger partial charge in [0.25, 0.3) is 5.91 Å². The van der Waals surface area contributed by atoms with Crippen molar-refractivity contribution >= 4 is 11.8 Å². The number of likely N-dealkylation sites (tertiary alicyclic amines) is 1. The zero-order valence-corrected chi connectivity index (χ0v) is 19.5. The molecule has 0 unspecified atom stereocenters. The number of nitrogens with one attached hydrogen (secondary N) is 1. The molecule has 0 radical (unpaired) electrons. The van der Waals surface area contributed by atoms with E-state index in [0.29, 0.717) is 54.7 Å². The molecule has 0 spiro atoms. The van der Waals surface area contributed by atoms with E-state index in [1.54, 1.807) is 43.4 Å². The summed E-state index contributed by atoms with van der Waals surface area (Å²) in [5.41, 5.74) is 2.31. The van der Waals surface area contributed by atoms with E-state index in [0.717, 1.165) is 11.1 Å². The number of benzene rings is 2. The topological polar surface area (TPSA) is 107 Å². The van der Waals surface area contributed by atoms with Crippen molar-refractivity contribution in [1.82, 2.24) is 20.4 Å². The molecule has 0 aliphatic carbocycles. The minimum Gasteiger partial charge on any atom is -0.493 e. The number of aromatic nitrogens is 2. The zero-order chi connectivity index (χ0) is 24.1. The predicted molar refractivity (Wildman–Crippen MR) is 125 cm³/mol. The van der Waals surface area contributed by atoms with Crippen LogP contribution in [0.2, 0.25) is 0 Å². The quantitative estimate of drug-likeness (QED) is 0.572. The summed E-state index contributed by atoms with van der Waals surface area (Å²) in [7, 11) is 3.16. The van der Waals surface area contributed by atoms with E-state index in [1.165, 1.54) is 0 Å². The van der Waals surface area contributed by atoms with E-state index in [1.807, 2.05) is 25.1 Å². The number of hydrogen-bond acceptors (Lipinski definition) is 7. The largest absolute Gasteiger partial charge is 0.493 e. The van der Waals surface area contributed by atoms with E-state index in [9.17, 15) is 9.59 Å². The van der Waals surface area contributed by atoms with Gasteiger partial charge in [-0.25, -0.2) is 0 Å². The molecule has 34 heavy (non-hydrogen) atoms. The van der Waals surface area contributed by atoms with Gasteiger partial charge >= 0.3 is 0 Å². The number of carbonyl (C=O) groups excluding carboxylic acids is 2. The minimum atomic E-state index is -0.250. The maximum absolute atomic E-state index is 12.6. The third kappa shape index (κ3) is 5.19. The van der Waals surface area contributed by atoms with Crippen LogP contribution in [0.4, 0.5) is 0 Å². The van der Waals surface area contributed by atoms with E-state index in [2.05, 4.69) is 15.5 Å². The van der Waals surface area contributed by atoms with E-state index in [-0.39, 0.29) is 24.3 Å². The average molecular weight is 465 g/mol. The highest BCUT2D eigenvalue weighted by Crippen LogP contribution is 2.33. The monoisotopic (exact) mass is 464 g/mol. The summed E-state index contributed by atoms with van der Waals surface area (Å²) in [4.78, 5) is 31.2. The first-order valence-electron chi connectivity index (χ1n) is 11.2. The molecule has 0 saturated carbocycles. The second kappa shape index (κ2) is 10.4. The summed E-state index contributed by atoms with van der Waals surface area (Å²) in [5, 5.41) is 6.83. The highest BCUT2D eigenvalue weighted by molar-refractivity contribution is 5.96. The van der Waals surface area contributed by atoms with Crippen LogP contribution in [0.1, 0.15) is 40.6 Å². The molecule has 2 heterocycles. The number of amides is 2. The van der Waals surface area contributed by atoms with Crippen molar-refractivity contribution in [2.24, 2.45) is 0 Å². The lowest BCUT2D eigenvalue weighted by atomic mass is 9.96. The lowest BCUT2D eigenvalue weighted by molar-refractivity contribution is -0.131. The van der Waals surface area contributed by atoms with Crippen LogP contribution >= 0.6 is 0 Å². The van der Waals surface area contributed by atoms with Gasteiger partial charge < -0.3 is 24.2 Å². The smallest absolute Gasteiger partial charge is 0.251 e. The van der Waals surface area contributed by atoms with Gasteiger partial charge in [-0.15, -0.1) is 0 Å². The van der Waals surface area contributed by atoms with E-state index >= 15 is 0 Å². The molecule has 0 bridgehead atoms. The van der Waals surface area contributed by atoms with Crippen LogP contribution in [0.3, 0.4) is 0 Å². The molecule has 1 saturated heterocycles. The first-order valence-corrected chi connectivity index (χ1v) is 11.2. The van der Waals surface area contributed by atoms with Gasteiger partial charge in [-0.2, -0.15) is 4.98 Å². The van der Waals surface area contributed by atoms with Crippen molar-refractivity contribution < 1.29 is 23.6 Å². The van der Waals surface area contributed by atoms with E-state index in [4.69, 9.17) is 14.0 Å². The molecule has 1 aromatic heterocycles. The fraction of sp³-hybridized carbons (Fsp3) is 0.360. The van der Waals surface area contributed by atoms with Crippen LogP contribution in [0.15, 0.2) is 47.0 Å². The minimum absolute atomic E-state index is 0.0263. The summed E-state index contributed by atoms with van der Waals surface area (Å²) in [6.45, 7) is 3.03. The standard InChI is InChI=1S/C25H28N4O5/c1-16-5-4-6-19(13-16)24(31)26-15-22(30)29-11-9-17(10-12-29)25-27-23(28-34-25)18-7-8-20(32-2)21(14-18)33-3/h4-8,13-14,17H,9-12,15H2,1-3H3,(H,26,31). The second-order valence-corrected chi connectivity index (χ2v) is 8.23. The van der Waals surface area contributed by atoms with Gasteiger partial charge in [0.05, 0.1) is 20.8 Å². The lowest BCUT2D eigenvalue weighted by Crippen LogP contribution is -2.43. The summed E-state index contributed by atoms with van der Waals surface area (Å²) in [5.74, 6) is 1.98. The van der Waals surface area contributed by atoms with Crippen LogP contribution in [-0.2, 0) is 4.79 Å². The Kier molecular flexibility index (Phi) is 7.10. The zero-order valence-electron chi connectivity index (χ0n) is 19.5. The molecule has 1 N–H and O–H groups in total. The van der Waals surface area contributed by atoms with Gasteiger partial charge in [0.15, 0.2) is 11.5 Å². The Hall–Kier alpha value is -3.88. The molecule has 1 aliphatic heterocycles. The maximum atomic E-state index is 12.6. The summed E-state index contributed by atoms with van der Waals surface area (Å²) in [6, 6.07) is 12.7. The van der Waals surface area contributed by atoms with Crippen molar-refractivity contribution in [3.8, 4) is 22.9 Å². The van der Waals surface area contributed by atoms with Crippen molar-refractivity contribution in [2.75, 3.05) is 33.9 Å². The molecule has 4 rings (SSSR count). The van der Waals surface area contributed by atoms with Crippen molar-refractivity contribution in [3.05, 3.63) is 59.5 Å². The Morgan fingerprint density at radius 3 is 2.56 bits per heavy atom. The number of aryl methyl sites for hydroxylation is 1. The van der Waals surface area contributed by atoms with Gasteiger partial charge in [0.1, 0.15) is 0 Å². The third-order valence-electron chi connectivity index (χ3n) is 5.96.